The summed E-state index contributed by atoms with van der Waals surface area (Å²) in [6.45, 7) is 15.8. The fourth-order valence-corrected chi connectivity index (χ4v) is 10.4. The van der Waals surface area contributed by atoms with E-state index in [2.05, 4.69) is 41.5 Å². The molecule has 0 spiro atoms. The van der Waals surface area contributed by atoms with Crippen molar-refractivity contribution in [2.45, 2.75) is 112 Å². The minimum Gasteiger partial charge on any atom is -0.481 e. The zero-order valence-electron chi connectivity index (χ0n) is 22.5. The minimum atomic E-state index is -0.711. The van der Waals surface area contributed by atoms with Crippen LogP contribution in [0.2, 0.25) is 0 Å². The van der Waals surface area contributed by atoms with E-state index in [1.54, 1.807) is 0 Å². The van der Waals surface area contributed by atoms with Crippen molar-refractivity contribution in [1.29, 1.82) is 0 Å². The van der Waals surface area contributed by atoms with Crippen molar-refractivity contribution in [3.63, 3.8) is 0 Å². The molecule has 0 amide bonds. The van der Waals surface area contributed by atoms with Gasteiger partial charge in [0.25, 0.3) is 0 Å². The molecule has 190 valence electrons. The van der Waals surface area contributed by atoms with E-state index in [9.17, 15) is 19.8 Å². The fourth-order valence-electron chi connectivity index (χ4n) is 10.4. The molecule has 9 atom stereocenters. The maximum atomic E-state index is 14.2. The Morgan fingerprint density at radius 2 is 1.56 bits per heavy atom. The highest BCUT2D eigenvalue weighted by Crippen LogP contribution is 2.75. The molecule has 5 aliphatic carbocycles. The van der Waals surface area contributed by atoms with E-state index in [1.807, 2.05) is 13.0 Å². The minimum absolute atomic E-state index is 0.0296. The molecule has 34 heavy (non-hydrogen) atoms. The number of hydrogen-bond donors (Lipinski definition) is 2. The molecule has 5 rings (SSSR count). The van der Waals surface area contributed by atoms with Crippen LogP contribution in [-0.4, -0.2) is 28.1 Å². The van der Waals surface area contributed by atoms with Crippen molar-refractivity contribution < 1.29 is 19.8 Å². The van der Waals surface area contributed by atoms with Crippen LogP contribution in [0.4, 0.5) is 0 Å². The van der Waals surface area contributed by atoms with Gasteiger partial charge in [-0.3, -0.25) is 9.59 Å². The lowest BCUT2D eigenvalue weighted by Gasteiger charge is -2.70. The van der Waals surface area contributed by atoms with E-state index in [4.69, 9.17) is 0 Å². The van der Waals surface area contributed by atoms with Gasteiger partial charge in [0.05, 0.1) is 11.5 Å². The first-order valence-electron chi connectivity index (χ1n) is 13.7. The molecule has 0 heterocycles. The van der Waals surface area contributed by atoms with Crippen LogP contribution < -0.4 is 0 Å². The van der Waals surface area contributed by atoms with E-state index in [1.165, 1.54) is 5.57 Å². The molecule has 2 N–H and O–H groups in total. The van der Waals surface area contributed by atoms with Crippen molar-refractivity contribution in [2.75, 3.05) is 0 Å². The van der Waals surface area contributed by atoms with E-state index < -0.39 is 11.4 Å². The van der Waals surface area contributed by atoms with Gasteiger partial charge in [-0.2, -0.15) is 0 Å². The Balaban J connectivity index is 1.62. The van der Waals surface area contributed by atoms with Gasteiger partial charge in [0, 0.05) is 5.92 Å². The number of allylic oxidation sites excluding steroid dienone is 2. The Kier molecular flexibility index (Phi) is 5.04. The Morgan fingerprint density at radius 3 is 2.21 bits per heavy atom. The normalized spacial score (nSPS) is 54.1. The number of aliphatic hydroxyl groups is 1. The number of aliphatic hydroxyl groups excluding tert-OH is 1. The quantitative estimate of drug-likeness (QED) is 0.464. The molecule has 0 aromatic rings. The van der Waals surface area contributed by atoms with Crippen LogP contribution in [0.5, 0.6) is 0 Å². The van der Waals surface area contributed by atoms with Gasteiger partial charge in [-0.05, 0) is 110 Å². The lowest BCUT2D eigenvalue weighted by molar-refractivity contribution is -0.202. The number of carboxylic acids is 1. The SMILES string of the molecule is CC1(C)[C@H]2CC[C@@]3(C)[C@@H](C(=O)C=C4[C@H]5C[C@@](C)(C(=O)O)CC[C@@]5(C)CC[C@@]43C)[C@]2(C)CC[C@@H]1O. The standard InChI is InChI=1S/C30H46O4/c1-25(2)21-8-11-30(7)23(28(21,5)10-9-22(25)32)20(31)16-18-19-17-27(4,24(33)34)13-12-26(19,3)14-15-29(18,30)6/h16,19,21-23,32H,8-15,17H2,1-7H3,(H,33,34)/t19-,21-,22+,23+,26+,27+,28-,29+,30+/m1/s1. The maximum absolute atomic E-state index is 14.2. The number of carbonyl (C=O) groups is 2. The Bertz CT molecular complexity index is 965. The highest BCUT2D eigenvalue weighted by molar-refractivity contribution is 5.95. The third kappa shape index (κ3) is 2.81. The van der Waals surface area contributed by atoms with Crippen molar-refractivity contribution in [1.82, 2.24) is 0 Å². The lowest BCUT2D eigenvalue weighted by Crippen LogP contribution is -2.66. The summed E-state index contributed by atoms with van der Waals surface area (Å²) in [5, 5.41) is 20.9. The van der Waals surface area contributed by atoms with Crippen LogP contribution in [-0.2, 0) is 9.59 Å². The summed E-state index contributed by atoms with van der Waals surface area (Å²) in [4.78, 5) is 26.4. The average molecular weight is 471 g/mol. The zero-order chi connectivity index (χ0) is 25.1. The second-order valence-corrected chi connectivity index (χ2v) is 14.9. The summed E-state index contributed by atoms with van der Waals surface area (Å²) in [5.41, 5.74) is 0.142. The van der Waals surface area contributed by atoms with Crippen LogP contribution >= 0.6 is 0 Å². The molecule has 5 aliphatic rings. The van der Waals surface area contributed by atoms with E-state index in [0.29, 0.717) is 12.3 Å². The summed E-state index contributed by atoms with van der Waals surface area (Å²) < 4.78 is 0. The molecule has 0 aromatic heterocycles. The predicted molar refractivity (Wildman–Crippen MR) is 133 cm³/mol. The zero-order valence-corrected chi connectivity index (χ0v) is 22.5. The summed E-state index contributed by atoms with van der Waals surface area (Å²) in [7, 11) is 0. The molecule has 0 unspecified atom stereocenters. The molecule has 0 aliphatic heterocycles. The third-order valence-electron chi connectivity index (χ3n) is 13.1. The van der Waals surface area contributed by atoms with Crippen molar-refractivity contribution in [3.8, 4) is 0 Å². The number of rotatable bonds is 1. The Morgan fingerprint density at radius 1 is 0.912 bits per heavy atom. The van der Waals surface area contributed by atoms with Crippen LogP contribution in [0.1, 0.15) is 106 Å². The highest BCUT2D eigenvalue weighted by atomic mass is 16.4. The largest absolute Gasteiger partial charge is 0.481 e. The van der Waals surface area contributed by atoms with Crippen LogP contribution in [0, 0.1) is 50.2 Å². The Hall–Kier alpha value is -1.16. The smallest absolute Gasteiger partial charge is 0.309 e. The van der Waals surface area contributed by atoms with Crippen molar-refractivity contribution >= 4 is 11.8 Å². The van der Waals surface area contributed by atoms with Crippen LogP contribution in [0.25, 0.3) is 0 Å². The number of carboxylic acid groups (broad SMARTS) is 1. The van der Waals surface area contributed by atoms with Gasteiger partial charge >= 0.3 is 5.97 Å². The van der Waals surface area contributed by atoms with E-state index >= 15 is 0 Å². The number of ketones is 1. The monoisotopic (exact) mass is 470 g/mol. The van der Waals surface area contributed by atoms with E-state index in [-0.39, 0.29) is 50.8 Å². The second-order valence-electron chi connectivity index (χ2n) is 14.9. The maximum Gasteiger partial charge on any atom is 0.309 e. The van der Waals surface area contributed by atoms with E-state index in [0.717, 1.165) is 51.4 Å². The molecule has 0 saturated heterocycles. The number of carbonyl (C=O) groups excluding carboxylic acids is 1. The number of hydrogen-bond acceptors (Lipinski definition) is 3. The molecular weight excluding hydrogens is 424 g/mol. The van der Waals surface area contributed by atoms with Gasteiger partial charge in [0.15, 0.2) is 5.78 Å². The first kappa shape index (κ1) is 24.5. The molecule has 0 aromatic carbocycles. The van der Waals surface area contributed by atoms with Crippen LogP contribution in [0.3, 0.4) is 0 Å². The first-order valence-corrected chi connectivity index (χ1v) is 13.7. The van der Waals surface area contributed by atoms with Crippen LogP contribution in [0.15, 0.2) is 11.6 Å². The van der Waals surface area contributed by atoms with Gasteiger partial charge < -0.3 is 10.2 Å². The van der Waals surface area contributed by atoms with Crippen molar-refractivity contribution in [2.24, 2.45) is 50.2 Å². The summed E-state index contributed by atoms with van der Waals surface area (Å²) in [6, 6.07) is 0. The molecule has 4 nitrogen and oxygen atoms in total. The fraction of sp³-hybridized carbons (Fsp3) is 0.867. The van der Waals surface area contributed by atoms with Crippen molar-refractivity contribution in [3.05, 3.63) is 11.6 Å². The summed E-state index contributed by atoms with van der Waals surface area (Å²) in [5.74, 6) is 0.0603. The molecule has 0 radical (unpaired) electrons. The van der Waals surface area contributed by atoms with Gasteiger partial charge in [-0.25, -0.2) is 0 Å². The summed E-state index contributed by atoms with van der Waals surface area (Å²) >= 11 is 0. The molecule has 4 fully saturated rings. The molecule has 4 saturated carbocycles. The van der Waals surface area contributed by atoms with Gasteiger partial charge in [0.2, 0.25) is 0 Å². The Labute approximate surface area is 206 Å². The molecular formula is C30H46O4. The average Bonchev–Trinajstić information content (AvgIpc) is 2.73. The lowest BCUT2D eigenvalue weighted by atomic mass is 9.33. The van der Waals surface area contributed by atoms with Gasteiger partial charge in [-0.15, -0.1) is 0 Å². The second kappa shape index (κ2) is 6.99. The summed E-state index contributed by atoms with van der Waals surface area (Å²) in [6.07, 6.45) is 9.95. The topological polar surface area (TPSA) is 74.6 Å². The third-order valence-corrected chi connectivity index (χ3v) is 13.1. The predicted octanol–water partition coefficient (Wildman–Crippen LogP) is 6.41. The van der Waals surface area contributed by atoms with Gasteiger partial charge in [-0.1, -0.05) is 47.1 Å². The highest BCUT2D eigenvalue weighted by Gasteiger charge is 2.70. The number of fused-ring (bicyclic) bond motifs is 7. The molecule has 0 bridgehead atoms. The number of aliphatic carboxylic acids is 1. The first-order chi connectivity index (χ1) is 15.6. The molecule has 4 heteroatoms. The van der Waals surface area contributed by atoms with Gasteiger partial charge in [0.1, 0.15) is 0 Å².